The molecule has 0 atom stereocenters. The van der Waals surface area contributed by atoms with E-state index in [9.17, 15) is 26.4 Å². The average Bonchev–Trinajstić information content (AvgIpc) is 2.71. The molecule has 2 aromatic rings. The third-order valence-electron chi connectivity index (χ3n) is 4.46. The second-order valence-corrected chi connectivity index (χ2v) is 7.94. The smallest absolute Gasteiger partial charge is 0.244 e. The van der Waals surface area contributed by atoms with E-state index in [0.717, 1.165) is 5.69 Å². The van der Waals surface area contributed by atoms with Gasteiger partial charge >= 0.3 is 0 Å². The Kier molecular flexibility index (Phi) is 5.90. The summed E-state index contributed by atoms with van der Waals surface area (Å²) in [5.74, 6) is -5.69. The quantitative estimate of drug-likeness (QED) is 0.758. The number of para-hydroxylation sites is 1. The van der Waals surface area contributed by atoms with Gasteiger partial charge in [0.15, 0.2) is 17.5 Å². The van der Waals surface area contributed by atoms with E-state index in [0.29, 0.717) is 38.3 Å². The van der Waals surface area contributed by atoms with Gasteiger partial charge in [0.05, 0.1) is 6.54 Å². The van der Waals surface area contributed by atoms with Crippen molar-refractivity contribution in [2.75, 3.05) is 37.6 Å². The summed E-state index contributed by atoms with van der Waals surface area (Å²) in [5, 5.41) is 0. The molecular formula is C18H18F3N3O3S. The maximum atomic E-state index is 13.7. The van der Waals surface area contributed by atoms with Gasteiger partial charge in [0.1, 0.15) is 4.90 Å². The van der Waals surface area contributed by atoms with Crippen LogP contribution in [-0.4, -0.2) is 51.9 Å². The van der Waals surface area contributed by atoms with Crippen molar-refractivity contribution in [3.05, 3.63) is 59.9 Å². The van der Waals surface area contributed by atoms with Crippen LogP contribution in [0.4, 0.5) is 18.9 Å². The first-order chi connectivity index (χ1) is 13.3. The Labute approximate surface area is 160 Å². The van der Waals surface area contributed by atoms with Crippen LogP contribution in [-0.2, 0) is 14.8 Å². The molecule has 1 N–H and O–H groups in total. The second kappa shape index (κ2) is 8.19. The van der Waals surface area contributed by atoms with Crippen molar-refractivity contribution < 1.29 is 26.4 Å². The van der Waals surface area contributed by atoms with Crippen LogP contribution >= 0.6 is 0 Å². The van der Waals surface area contributed by atoms with Gasteiger partial charge in [0.25, 0.3) is 0 Å². The number of rotatable bonds is 5. The molecule has 28 heavy (non-hydrogen) atoms. The maximum absolute atomic E-state index is 13.7. The standard InChI is InChI=1S/C18H18F3N3O3S/c19-14-6-7-15(18(21)17(14)20)28(26,27)22-12-16(25)24-10-8-23(9-11-24)13-4-2-1-3-5-13/h1-7,22H,8-12H2. The highest BCUT2D eigenvalue weighted by molar-refractivity contribution is 7.89. The minimum absolute atomic E-state index is 0.398. The van der Waals surface area contributed by atoms with E-state index in [2.05, 4.69) is 4.90 Å². The van der Waals surface area contributed by atoms with Crippen LogP contribution < -0.4 is 9.62 Å². The Morgan fingerprint density at radius 3 is 2.21 bits per heavy atom. The van der Waals surface area contributed by atoms with E-state index in [1.54, 1.807) is 0 Å². The third-order valence-corrected chi connectivity index (χ3v) is 5.88. The fourth-order valence-electron chi connectivity index (χ4n) is 2.91. The minimum atomic E-state index is -4.51. The molecule has 1 aliphatic heterocycles. The van der Waals surface area contributed by atoms with Crippen molar-refractivity contribution in [3.8, 4) is 0 Å². The van der Waals surface area contributed by atoms with E-state index < -0.39 is 44.8 Å². The van der Waals surface area contributed by atoms with Gasteiger partial charge < -0.3 is 9.80 Å². The Morgan fingerprint density at radius 1 is 0.929 bits per heavy atom. The molecule has 0 aliphatic carbocycles. The van der Waals surface area contributed by atoms with Crippen molar-refractivity contribution in [2.45, 2.75) is 4.90 Å². The molecule has 1 aliphatic rings. The molecule has 0 bridgehead atoms. The topological polar surface area (TPSA) is 69.7 Å². The number of nitrogens with one attached hydrogen (secondary N) is 1. The minimum Gasteiger partial charge on any atom is -0.368 e. The van der Waals surface area contributed by atoms with E-state index in [4.69, 9.17) is 0 Å². The Morgan fingerprint density at radius 2 is 1.57 bits per heavy atom. The van der Waals surface area contributed by atoms with Gasteiger partial charge in [-0.1, -0.05) is 18.2 Å². The number of sulfonamides is 1. The van der Waals surface area contributed by atoms with Gasteiger partial charge in [-0.3, -0.25) is 4.79 Å². The molecule has 1 saturated heterocycles. The number of nitrogens with zero attached hydrogens (tertiary/aromatic N) is 2. The molecule has 0 unspecified atom stereocenters. The van der Waals surface area contributed by atoms with Crippen LogP contribution in [0.3, 0.4) is 0 Å². The van der Waals surface area contributed by atoms with Crippen molar-refractivity contribution in [3.63, 3.8) is 0 Å². The van der Waals surface area contributed by atoms with Crippen molar-refractivity contribution in [1.82, 2.24) is 9.62 Å². The normalized spacial score (nSPS) is 15.0. The Balaban J connectivity index is 1.58. The summed E-state index contributed by atoms with van der Waals surface area (Å²) in [7, 11) is -4.51. The molecule has 1 heterocycles. The van der Waals surface area contributed by atoms with Crippen LogP contribution in [0, 0.1) is 17.5 Å². The molecular weight excluding hydrogens is 395 g/mol. The van der Waals surface area contributed by atoms with E-state index in [1.165, 1.54) is 4.90 Å². The molecule has 1 amide bonds. The summed E-state index contributed by atoms with van der Waals surface area (Å²) in [5.41, 5.74) is 1.03. The zero-order chi connectivity index (χ0) is 20.3. The number of hydrogen-bond donors (Lipinski definition) is 1. The monoisotopic (exact) mass is 413 g/mol. The zero-order valence-electron chi connectivity index (χ0n) is 14.7. The highest BCUT2D eigenvalue weighted by atomic mass is 32.2. The number of carbonyl (C=O) groups is 1. The fourth-order valence-corrected chi connectivity index (χ4v) is 3.96. The van der Waals surface area contributed by atoms with E-state index >= 15 is 0 Å². The Bertz CT molecular complexity index is 963. The number of amides is 1. The van der Waals surface area contributed by atoms with Gasteiger partial charge in [-0.05, 0) is 24.3 Å². The van der Waals surface area contributed by atoms with Crippen molar-refractivity contribution in [2.24, 2.45) is 0 Å². The van der Waals surface area contributed by atoms with Crippen LogP contribution in [0.25, 0.3) is 0 Å². The van der Waals surface area contributed by atoms with Gasteiger partial charge in [-0.25, -0.2) is 26.3 Å². The van der Waals surface area contributed by atoms with E-state index in [1.807, 2.05) is 35.1 Å². The number of benzene rings is 2. The predicted octanol–water partition coefficient (Wildman–Crippen LogP) is 1.73. The summed E-state index contributed by atoms with van der Waals surface area (Å²) in [4.78, 5) is 14.8. The molecule has 2 aromatic carbocycles. The lowest BCUT2D eigenvalue weighted by molar-refractivity contribution is -0.130. The number of carbonyl (C=O) groups excluding carboxylic acids is 1. The molecule has 0 aromatic heterocycles. The summed E-state index contributed by atoms with van der Waals surface area (Å²) in [6.45, 7) is 1.36. The maximum Gasteiger partial charge on any atom is 0.244 e. The zero-order valence-corrected chi connectivity index (χ0v) is 15.6. The highest BCUT2D eigenvalue weighted by Crippen LogP contribution is 2.19. The summed E-state index contributed by atoms with van der Waals surface area (Å²) in [6, 6.07) is 10.8. The lowest BCUT2D eigenvalue weighted by atomic mass is 10.2. The third kappa shape index (κ3) is 4.28. The van der Waals surface area contributed by atoms with Gasteiger partial charge in [-0.15, -0.1) is 0 Å². The first-order valence-electron chi connectivity index (χ1n) is 8.50. The van der Waals surface area contributed by atoms with Crippen molar-refractivity contribution in [1.29, 1.82) is 0 Å². The summed E-state index contributed by atoms with van der Waals surface area (Å²) >= 11 is 0. The molecule has 1 fully saturated rings. The van der Waals surface area contributed by atoms with Gasteiger partial charge in [0.2, 0.25) is 15.9 Å². The largest absolute Gasteiger partial charge is 0.368 e. The Hall–Kier alpha value is -2.59. The first kappa shape index (κ1) is 20.2. The van der Waals surface area contributed by atoms with Crippen LogP contribution in [0.5, 0.6) is 0 Å². The number of halogens is 3. The lowest BCUT2D eigenvalue weighted by Crippen LogP contribution is -2.51. The number of hydrogen-bond acceptors (Lipinski definition) is 4. The first-order valence-corrected chi connectivity index (χ1v) is 9.99. The molecule has 150 valence electrons. The number of anilines is 1. The second-order valence-electron chi connectivity index (χ2n) is 6.20. The molecule has 3 rings (SSSR count). The van der Waals surface area contributed by atoms with E-state index in [-0.39, 0.29) is 0 Å². The molecule has 6 nitrogen and oxygen atoms in total. The summed E-state index contributed by atoms with van der Waals surface area (Å²) in [6.07, 6.45) is 0. The van der Waals surface area contributed by atoms with Crippen LogP contribution in [0.2, 0.25) is 0 Å². The fraction of sp³-hybridized carbons (Fsp3) is 0.278. The van der Waals surface area contributed by atoms with Gasteiger partial charge in [-0.2, -0.15) is 0 Å². The van der Waals surface area contributed by atoms with Crippen molar-refractivity contribution >= 4 is 21.6 Å². The SMILES string of the molecule is O=C(CNS(=O)(=O)c1ccc(F)c(F)c1F)N1CCN(c2ccccc2)CC1. The summed E-state index contributed by atoms with van der Waals surface area (Å²) < 4.78 is 66.1. The average molecular weight is 413 g/mol. The number of piperazine rings is 1. The highest BCUT2D eigenvalue weighted by Gasteiger charge is 2.26. The molecule has 0 radical (unpaired) electrons. The molecule has 10 heteroatoms. The van der Waals surface area contributed by atoms with Crippen LogP contribution in [0.1, 0.15) is 0 Å². The molecule has 0 saturated carbocycles. The predicted molar refractivity (Wildman–Crippen MR) is 96.7 cm³/mol. The molecule has 0 spiro atoms. The lowest BCUT2D eigenvalue weighted by Gasteiger charge is -2.36. The van der Waals surface area contributed by atoms with Crippen LogP contribution in [0.15, 0.2) is 47.4 Å². The van der Waals surface area contributed by atoms with Gasteiger partial charge in [0, 0.05) is 31.9 Å².